The van der Waals surface area contributed by atoms with Crippen molar-refractivity contribution in [1.82, 2.24) is 4.90 Å². The van der Waals surface area contributed by atoms with Crippen molar-refractivity contribution >= 4 is 0 Å². The molecule has 3 unspecified atom stereocenters. The van der Waals surface area contributed by atoms with Gasteiger partial charge in [0.25, 0.3) is 0 Å². The Balaban J connectivity index is 2.60. The highest BCUT2D eigenvalue weighted by Gasteiger charge is 2.32. The van der Waals surface area contributed by atoms with Gasteiger partial charge >= 0.3 is 0 Å². The van der Waals surface area contributed by atoms with Gasteiger partial charge in [-0.15, -0.1) is 0 Å². The zero-order valence-electron chi connectivity index (χ0n) is 13.9. The molecule has 1 N–H and O–H groups in total. The lowest BCUT2D eigenvalue weighted by Crippen LogP contribution is -2.43. The summed E-state index contributed by atoms with van der Waals surface area (Å²) >= 11 is 0. The average molecular weight is 269 g/mol. The van der Waals surface area contributed by atoms with Crippen LogP contribution >= 0.6 is 0 Å². The number of nitrogens with zero attached hydrogens (tertiary/aromatic N) is 1. The molecule has 0 amide bonds. The van der Waals surface area contributed by atoms with E-state index in [0.29, 0.717) is 17.9 Å². The SMILES string of the molecule is CC(C)CN(CC1CC(C(C)C)CCC1O)C(C)C. The normalized spacial score (nSPS) is 28.9. The van der Waals surface area contributed by atoms with Gasteiger partial charge in [-0.2, -0.15) is 0 Å². The summed E-state index contributed by atoms with van der Waals surface area (Å²) in [5.41, 5.74) is 0. The lowest BCUT2D eigenvalue weighted by atomic mass is 9.74. The maximum atomic E-state index is 10.3. The van der Waals surface area contributed by atoms with Crippen LogP contribution in [0.1, 0.15) is 60.8 Å². The first-order chi connectivity index (χ1) is 8.81. The third-order valence-corrected chi connectivity index (χ3v) is 4.72. The molecule has 1 rings (SSSR count). The van der Waals surface area contributed by atoms with E-state index >= 15 is 0 Å². The van der Waals surface area contributed by atoms with E-state index in [-0.39, 0.29) is 6.10 Å². The molecule has 0 radical (unpaired) electrons. The van der Waals surface area contributed by atoms with Crippen LogP contribution in [0.5, 0.6) is 0 Å². The van der Waals surface area contributed by atoms with Crippen molar-refractivity contribution in [2.45, 2.75) is 73.0 Å². The molecule has 1 saturated carbocycles. The van der Waals surface area contributed by atoms with Crippen LogP contribution in [0.15, 0.2) is 0 Å². The van der Waals surface area contributed by atoms with Gasteiger partial charge in [0.2, 0.25) is 0 Å². The Morgan fingerprint density at radius 1 is 1.05 bits per heavy atom. The summed E-state index contributed by atoms with van der Waals surface area (Å²) in [6.45, 7) is 16.0. The summed E-state index contributed by atoms with van der Waals surface area (Å²) in [5, 5.41) is 10.3. The van der Waals surface area contributed by atoms with E-state index in [1.54, 1.807) is 0 Å². The molecule has 0 bridgehead atoms. The van der Waals surface area contributed by atoms with Crippen molar-refractivity contribution in [1.29, 1.82) is 0 Å². The van der Waals surface area contributed by atoms with E-state index < -0.39 is 0 Å². The first kappa shape index (κ1) is 17.0. The van der Waals surface area contributed by atoms with Crippen LogP contribution < -0.4 is 0 Å². The van der Waals surface area contributed by atoms with Crippen molar-refractivity contribution in [2.24, 2.45) is 23.7 Å². The molecule has 2 nitrogen and oxygen atoms in total. The zero-order valence-corrected chi connectivity index (χ0v) is 13.9. The minimum absolute atomic E-state index is 0.0802. The fourth-order valence-corrected chi connectivity index (χ4v) is 3.35. The highest BCUT2D eigenvalue weighted by molar-refractivity contribution is 4.84. The van der Waals surface area contributed by atoms with Crippen LogP contribution in [0, 0.1) is 23.7 Å². The molecule has 0 aromatic carbocycles. The standard InChI is InChI=1S/C17H35NO/c1-12(2)10-18(14(5)6)11-16-9-15(13(3)4)7-8-17(16)19/h12-17,19H,7-11H2,1-6H3. The van der Waals surface area contributed by atoms with E-state index in [4.69, 9.17) is 0 Å². The van der Waals surface area contributed by atoms with Gasteiger partial charge in [-0.1, -0.05) is 27.7 Å². The third kappa shape index (κ3) is 5.43. The van der Waals surface area contributed by atoms with Crippen molar-refractivity contribution in [3.63, 3.8) is 0 Å². The Bertz CT molecular complexity index is 250. The molecule has 0 saturated heterocycles. The van der Waals surface area contributed by atoms with Gasteiger partial charge in [0.05, 0.1) is 6.10 Å². The fourth-order valence-electron chi connectivity index (χ4n) is 3.35. The van der Waals surface area contributed by atoms with Crippen molar-refractivity contribution in [3.05, 3.63) is 0 Å². The second kappa shape index (κ2) is 7.64. The lowest BCUT2D eigenvalue weighted by Gasteiger charge is -2.39. The molecule has 0 aromatic heterocycles. The molecule has 0 aromatic rings. The zero-order chi connectivity index (χ0) is 14.6. The van der Waals surface area contributed by atoms with Gasteiger partial charge < -0.3 is 10.0 Å². The topological polar surface area (TPSA) is 23.5 Å². The Hall–Kier alpha value is -0.0800. The minimum Gasteiger partial charge on any atom is -0.393 e. The van der Waals surface area contributed by atoms with Gasteiger partial charge in [-0.05, 0) is 56.8 Å². The minimum atomic E-state index is -0.0802. The van der Waals surface area contributed by atoms with E-state index in [0.717, 1.165) is 31.3 Å². The van der Waals surface area contributed by atoms with Crippen LogP contribution in [0.25, 0.3) is 0 Å². The summed E-state index contributed by atoms with van der Waals surface area (Å²) < 4.78 is 0. The molecule has 1 aliphatic carbocycles. The Morgan fingerprint density at radius 3 is 2.16 bits per heavy atom. The number of hydrogen-bond donors (Lipinski definition) is 1. The highest BCUT2D eigenvalue weighted by Crippen LogP contribution is 2.34. The van der Waals surface area contributed by atoms with E-state index in [9.17, 15) is 5.11 Å². The maximum Gasteiger partial charge on any atom is 0.0580 e. The highest BCUT2D eigenvalue weighted by atomic mass is 16.3. The van der Waals surface area contributed by atoms with Crippen molar-refractivity contribution < 1.29 is 5.11 Å². The quantitative estimate of drug-likeness (QED) is 0.793. The van der Waals surface area contributed by atoms with Gasteiger partial charge in [-0.3, -0.25) is 0 Å². The molecule has 3 atom stereocenters. The number of aliphatic hydroxyl groups is 1. The van der Waals surface area contributed by atoms with Crippen molar-refractivity contribution in [3.8, 4) is 0 Å². The lowest BCUT2D eigenvalue weighted by molar-refractivity contribution is 0.0111. The van der Waals surface area contributed by atoms with Gasteiger partial charge in [0.15, 0.2) is 0 Å². The largest absolute Gasteiger partial charge is 0.393 e. The molecule has 114 valence electrons. The predicted octanol–water partition coefficient (Wildman–Crippen LogP) is 3.79. The smallest absolute Gasteiger partial charge is 0.0580 e. The number of rotatable bonds is 6. The van der Waals surface area contributed by atoms with Crippen LogP contribution in [0.2, 0.25) is 0 Å². The summed E-state index contributed by atoms with van der Waals surface area (Å²) in [6.07, 6.45) is 3.34. The van der Waals surface area contributed by atoms with Gasteiger partial charge in [0.1, 0.15) is 0 Å². The molecular formula is C17H35NO. The fraction of sp³-hybridized carbons (Fsp3) is 1.00. The van der Waals surface area contributed by atoms with E-state index in [2.05, 4.69) is 46.4 Å². The van der Waals surface area contributed by atoms with Gasteiger partial charge in [0, 0.05) is 19.1 Å². The van der Waals surface area contributed by atoms with Gasteiger partial charge in [-0.25, -0.2) is 0 Å². The molecule has 19 heavy (non-hydrogen) atoms. The van der Waals surface area contributed by atoms with Crippen molar-refractivity contribution in [2.75, 3.05) is 13.1 Å². The number of hydrogen-bond acceptors (Lipinski definition) is 2. The molecule has 1 fully saturated rings. The first-order valence-electron chi connectivity index (χ1n) is 8.23. The summed E-state index contributed by atoms with van der Waals surface area (Å²) in [7, 11) is 0. The molecular weight excluding hydrogens is 234 g/mol. The second-order valence-electron chi connectivity index (χ2n) is 7.59. The summed E-state index contributed by atoms with van der Waals surface area (Å²) in [4.78, 5) is 2.56. The van der Waals surface area contributed by atoms with Crippen LogP contribution in [0.4, 0.5) is 0 Å². The molecule has 2 heteroatoms. The molecule has 1 aliphatic rings. The second-order valence-corrected chi connectivity index (χ2v) is 7.59. The summed E-state index contributed by atoms with van der Waals surface area (Å²) in [6, 6.07) is 0.578. The number of aliphatic hydroxyl groups excluding tert-OH is 1. The van der Waals surface area contributed by atoms with Crippen LogP contribution in [-0.4, -0.2) is 35.2 Å². The summed E-state index contributed by atoms with van der Waals surface area (Å²) in [5.74, 6) is 2.74. The first-order valence-corrected chi connectivity index (χ1v) is 8.23. The third-order valence-electron chi connectivity index (χ3n) is 4.72. The monoisotopic (exact) mass is 269 g/mol. The molecule has 0 spiro atoms. The molecule has 0 aliphatic heterocycles. The Labute approximate surface area is 120 Å². The Morgan fingerprint density at radius 2 is 1.68 bits per heavy atom. The maximum absolute atomic E-state index is 10.3. The Kier molecular flexibility index (Phi) is 6.82. The molecule has 0 heterocycles. The van der Waals surface area contributed by atoms with E-state index in [1.165, 1.54) is 12.8 Å². The predicted molar refractivity (Wildman–Crippen MR) is 83.2 cm³/mol. The average Bonchev–Trinajstić information content (AvgIpc) is 2.29. The van der Waals surface area contributed by atoms with Crippen LogP contribution in [0.3, 0.4) is 0 Å². The van der Waals surface area contributed by atoms with E-state index in [1.807, 2.05) is 0 Å². The van der Waals surface area contributed by atoms with Crippen LogP contribution in [-0.2, 0) is 0 Å².